The molecule has 0 spiro atoms. The normalized spacial score (nSPS) is 14.0. The first-order chi connectivity index (χ1) is 10.3. The van der Waals surface area contributed by atoms with Crippen LogP contribution in [0.25, 0.3) is 0 Å². The van der Waals surface area contributed by atoms with Crippen LogP contribution >= 0.6 is 0 Å². The lowest BCUT2D eigenvalue weighted by molar-refractivity contribution is -0.385. The van der Waals surface area contributed by atoms with E-state index >= 15 is 0 Å². The summed E-state index contributed by atoms with van der Waals surface area (Å²) >= 11 is 0. The Labute approximate surface area is 123 Å². The molecule has 0 fully saturated rings. The molecular weight excluding hydrogens is 266 g/mol. The molecule has 108 valence electrons. The van der Waals surface area contributed by atoms with Crippen LogP contribution in [-0.4, -0.2) is 18.0 Å². The number of nitro benzene ring substituents is 1. The Morgan fingerprint density at radius 2 is 1.90 bits per heavy atom. The summed E-state index contributed by atoms with van der Waals surface area (Å²) in [6.45, 7) is 2.36. The SMILES string of the molecule is O=[N+]([O-])c1ccccc1CN1CCCNc2ccccc21. The number of nitro groups is 1. The van der Waals surface area contributed by atoms with E-state index in [2.05, 4.69) is 16.3 Å². The topological polar surface area (TPSA) is 58.4 Å². The Bertz CT molecular complexity index is 657. The molecule has 0 unspecified atom stereocenters. The molecule has 21 heavy (non-hydrogen) atoms. The summed E-state index contributed by atoms with van der Waals surface area (Å²) in [4.78, 5) is 13.0. The molecule has 0 bridgehead atoms. The van der Waals surface area contributed by atoms with E-state index < -0.39 is 0 Å². The first-order valence-corrected chi connectivity index (χ1v) is 7.06. The van der Waals surface area contributed by atoms with E-state index in [1.165, 1.54) is 0 Å². The predicted octanol–water partition coefficient (Wildman–Crippen LogP) is 3.42. The van der Waals surface area contributed by atoms with Crippen LogP contribution in [0.2, 0.25) is 0 Å². The first kappa shape index (κ1) is 13.4. The number of hydrogen-bond donors (Lipinski definition) is 1. The van der Waals surface area contributed by atoms with Gasteiger partial charge < -0.3 is 10.2 Å². The molecule has 1 aliphatic heterocycles. The van der Waals surface area contributed by atoms with E-state index in [0.29, 0.717) is 6.54 Å². The molecule has 0 atom stereocenters. The zero-order chi connectivity index (χ0) is 14.7. The lowest BCUT2D eigenvalue weighted by Crippen LogP contribution is -2.23. The summed E-state index contributed by atoms with van der Waals surface area (Å²) in [7, 11) is 0. The summed E-state index contributed by atoms with van der Waals surface area (Å²) in [5, 5.41) is 14.6. The van der Waals surface area contributed by atoms with Gasteiger partial charge in [-0.2, -0.15) is 0 Å². The largest absolute Gasteiger partial charge is 0.383 e. The minimum Gasteiger partial charge on any atom is -0.383 e. The summed E-state index contributed by atoms with van der Waals surface area (Å²) in [6.07, 6.45) is 1.01. The number of rotatable bonds is 3. The van der Waals surface area contributed by atoms with Crippen molar-refractivity contribution >= 4 is 17.1 Å². The Hall–Kier alpha value is -2.56. The smallest absolute Gasteiger partial charge is 0.274 e. The average molecular weight is 283 g/mol. The zero-order valence-corrected chi connectivity index (χ0v) is 11.7. The van der Waals surface area contributed by atoms with Crippen molar-refractivity contribution in [2.75, 3.05) is 23.3 Å². The second-order valence-corrected chi connectivity index (χ2v) is 5.10. The molecule has 0 saturated carbocycles. The maximum Gasteiger partial charge on any atom is 0.274 e. The second kappa shape index (κ2) is 5.83. The van der Waals surface area contributed by atoms with Gasteiger partial charge in [0.25, 0.3) is 5.69 Å². The van der Waals surface area contributed by atoms with E-state index in [1.807, 2.05) is 30.3 Å². The molecule has 5 nitrogen and oxygen atoms in total. The van der Waals surface area contributed by atoms with Crippen molar-refractivity contribution in [3.63, 3.8) is 0 Å². The maximum absolute atomic E-state index is 11.2. The molecule has 3 rings (SSSR count). The van der Waals surface area contributed by atoms with Crippen molar-refractivity contribution in [1.29, 1.82) is 0 Å². The van der Waals surface area contributed by atoms with Gasteiger partial charge in [-0.15, -0.1) is 0 Å². The van der Waals surface area contributed by atoms with Crippen LogP contribution in [0.3, 0.4) is 0 Å². The van der Waals surface area contributed by atoms with Gasteiger partial charge in [0.05, 0.1) is 16.3 Å². The van der Waals surface area contributed by atoms with E-state index in [9.17, 15) is 10.1 Å². The highest BCUT2D eigenvalue weighted by Gasteiger charge is 2.19. The number of benzene rings is 2. The molecule has 5 heteroatoms. The minimum absolute atomic E-state index is 0.187. The Balaban J connectivity index is 1.93. The van der Waals surface area contributed by atoms with Crippen molar-refractivity contribution in [3.8, 4) is 0 Å². The molecule has 1 N–H and O–H groups in total. The van der Waals surface area contributed by atoms with Crippen LogP contribution in [0.4, 0.5) is 17.1 Å². The van der Waals surface area contributed by atoms with Gasteiger partial charge in [-0.25, -0.2) is 0 Å². The molecule has 2 aromatic carbocycles. The number of hydrogen-bond acceptors (Lipinski definition) is 4. The summed E-state index contributed by atoms with van der Waals surface area (Å²) < 4.78 is 0. The van der Waals surface area contributed by atoms with Crippen LogP contribution in [0.15, 0.2) is 48.5 Å². The molecule has 0 radical (unpaired) electrons. The van der Waals surface area contributed by atoms with Crippen LogP contribution in [0.5, 0.6) is 0 Å². The lowest BCUT2D eigenvalue weighted by atomic mass is 10.1. The van der Waals surface area contributed by atoms with Gasteiger partial charge in [0.2, 0.25) is 0 Å². The van der Waals surface area contributed by atoms with Gasteiger partial charge in [0.15, 0.2) is 0 Å². The third-order valence-corrected chi connectivity index (χ3v) is 3.71. The molecule has 1 aliphatic rings. The van der Waals surface area contributed by atoms with Gasteiger partial charge in [0.1, 0.15) is 0 Å². The summed E-state index contributed by atoms with van der Waals surface area (Å²) in [5.74, 6) is 0. The molecule has 1 heterocycles. The average Bonchev–Trinajstić information content (AvgIpc) is 2.70. The Kier molecular flexibility index (Phi) is 3.73. The Morgan fingerprint density at radius 1 is 1.14 bits per heavy atom. The van der Waals surface area contributed by atoms with Gasteiger partial charge in [-0.3, -0.25) is 10.1 Å². The van der Waals surface area contributed by atoms with E-state index in [1.54, 1.807) is 12.1 Å². The quantitative estimate of drug-likeness (QED) is 0.692. The van der Waals surface area contributed by atoms with Gasteiger partial charge >= 0.3 is 0 Å². The van der Waals surface area contributed by atoms with Crippen molar-refractivity contribution < 1.29 is 4.92 Å². The highest BCUT2D eigenvalue weighted by atomic mass is 16.6. The highest BCUT2D eigenvalue weighted by molar-refractivity contribution is 5.71. The fourth-order valence-corrected chi connectivity index (χ4v) is 2.70. The summed E-state index contributed by atoms with van der Waals surface area (Å²) in [5.41, 5.74) is 3.13. The first-order valence-electron chi connectivity index (χ1n) is 7.06. The van der Waals surface area contributed by atoms with Crippen LogP contribution in [-0.2, 0) is 6.54 Å². The van der Waals surface area contributed by atoms with E-state index in [-0.39, 0.29) is 10.6 Å². The van der Waals surface area contributed by atoms with Crippen molar-refractivity contribution in [2.45, 2.75) is 13.0 Å². The number of nitrogens with zero attached hydrogens (tertiary/aromatic N) is 2. The highest BCUT2D eigenvalue weighted by Crippen LogP contribution is 2.30. The van der Waals surface area contributed by atoms with E-state index in [4.69, 9.17) is 0 Å². The summed E-state index contributed by atoms with van der Waals surface area (Å²) in [6, 6.07) is 15.1. The van der Waals surface area contributed by atoms with Gasteiger partial charge in [-0.1, -0.05) is 30.3 Å². The molecule has 0 aromatic heterocycles. The van der Waals surface area contributed by atoms with Crippen molar-refractivity contribution in [3.05, 3.63) is 64.2 Å². The van der Waals surface area contributed by atoms with Crippen molar-refractivity contribution in [2.24, 2.45) is 0 Å². The lowest BCUT2D eigenvalue weighted by Gasteiger charge is -2.24. The number of anilines is 2. The van der Waals surface area contributed by atoms with Gasteiger partial charge in [-0.05, 0) is 18.6 Å². The zero-order valence-electron chi connectivity index (χ0n) is 11.7. The van der Waals surface area contributed by atoms with Crippen molar-refractivity contribution in [1.82, 2.24) is 0 Å². The number of para-hydroxylation sites is 3. The van der Waals surface area contributed by atoms with Crippen LogP contribution in [0, 0.1) is 10.1 Å². The van der Waals surface area contributed by atoms with Crippen LogP contribution in [0.1, 0.15) is 12.0 Å². The fraction of sp³-hybridized carbons (Fsp3) is 0.250. The molecule has 0 aliphatic carbocycles. The minimum atomic E-state index is -0.308. The third-order valence-electron chi connectivity index (χ3n) is 3.71. The monoisotopic (exact) mass is 283 g/mol. The number of nitrogens with one attached hydrogen (secondary N) is 1. The molecule has 2 aromatic rings. The number of fused-ring (bicyclic) bond motifs is 1. The fourth-order valence-electron chi connectivity index (χ4n) is 2.70. The predicted molar refractivity (Wildman–Crippen MR) is 83.7 cm³/mol. The molecular formula is C16H17N3O2. The Morgan fingerprint density at radius 3 is 2.76 bits per heavy atom. The van der Waals surface area contributed by atoms with Crippen LogP contribution < -0.4 is 10.2 Å². The molecule has 0 saturated heterocycles. The maximum atomic E-state index is 11.2. The van der Waals surface area contributed by atoms with E-state index in [0.717, 1.165) is 36.4 Å². The third kappa shape index (κ3) is 2.81. The second-order valence-electron chi connectivity index (χ2n) is 5.10. The van der Waals surface area contributed by atoms with Gasteiger partial charge in [0, 0.05) is 31.3 Å². The molecule has 0 amide bonds. The standard InChI is InChI=1S/C16H17N3O2/c20-19(21)15-8-3-1-6-13(15)12-18-11-5-10-17-14-7-2-4-9-16(14)18/h1-4,6-9,17H,5,10-12H2.